The van der Waals surface area contributed by atoms with Crippen LogP contribution in [-0.4, -0.2) is 24.6 Å². The second-order valence-electron chi connectivity index (χ2n) is 6.21. The molecular weight excluding hydrogens is 360 g/mol. The van der Waals surface area contributed by atoms with Crippen molar-refractivity contribution >= 4 is 22.4 Å². The van der Waals surface area contributed by atoms with Gasteiger partial charge in [-0.25, -0.2) is 4.98 Å². The van der Waals surface area contributed by atoms with Crippen LogP contribution in [0.3, 0.4) is 0 Å². The van der Waals surface area contributed by atoms with Crippen molar-refractivity contribution in [2.24, 2.45) is 0 Å². The molecule has 0 bridgehead atoms. The van der Waals surface area contributed by atoms with E-state index in [0.717, 1.165) is 16.1 Å². The third-order valence-corrected chi connectivity index (χ3v) is 5.14. The molecule has 0 saturated carbocycles. The molecule has 0 aliphatic heterocycles. The monoisotopic (exact) mass is 382 g/mol. The predicted octanol–water partition coefficient (Wildman–Crippen LogP) is 4.76. The van der Waals surface area contributed by atoms with E-state index < -0.39 is 0 Å². The zero-order chi connectivity index (χ0) is 19.4. The highest BCUT2D eigenvalue weighted by molar-refractivity contribution is 7.16. The van der Waals surface area contributed by atoms with Gasteiger partial charge in [-0.05, 0) is 50.1 Å². The number of ether oxygens (including phenoxy) is 2. The molecule has 0 fully saturated rings. The van der Waals surface area contributed by atoms with Crippen LogP contribution >= 0.6 is 11.3 Å². The van der Waals surface area contributed by atoms with Crippen molar-refractivity contribution in [3.05, 3.63) is 58.5 Å². The number of nitrogens with one attached hydrogen (secondary N) is 1. The number of aryl methyl sites for hydroxylation is 3. The van der Waals surface area contributed by atoms with Gasteiger partial charge < -0.3 is 9.47 Å². The number of benzene rings is 2. The maximum Gasteiger partial charge on any atom is 0.264 e. The number of amides is 1. The molecule has 0 aliphatic rings. The minimum Gasteiger partial charge on any atom is -0.493 e. The Balaban J connectivity index is 1.67. The highest BCUT2D eigenvalue weighted by atomic mass is 32.1. The van der Waals surface area contributed by atoms with Crippen LogP contribution in [-0.2, 0) is 4.79 Å². The first-order valence-electron chi connectivity index (χ1n) is 8.58. The maximum absolute atomic E-state index is 12.2. The number of nitrogens with zero attached hydrogens (tertiary/aromatic N) is 1. The van der Waals surface area contributed by atoms with E-state index in [4.69, 9.17) is 9.47 Å². The molecule has 0 unspecified atom stereocenters. The Morgan fingerprint density at radius 3 is 2.52 bits per heavy atom. The second kappa shape index (κ2) is 8.22. The van der Waals surface area contributed by atoms with Gasteiger partial charge in [0.2, 0.25) is 0 Å². The van der Waals surface area contributed by atoms with Gasteiger partial charge in [0.25, 0.3) is 5.91 Å². The first-order valence-corrected chi connectivity index (χ1v) is 9.40. The molecule has 0 atom stereocenters. The van der Waals surface area contributed by atoms with Crippen LogP contribution in [0.5, 0.6) is 11.5 Å². The summed E-state index contributed by atoms with van der Waals surface area (Å²) in [6.07, 6.45) is 0. The summed E-state index contributed by atoms with van der Waals surface area (Å²) >= 11 is 1.45. The predicted molar refractivity (Wildman–Crippen MR) is 109 cm³/mol. The van der Waals surface area contributed by atoms with E-state index in [1.807, 2.05) is 19.1 Å². The number of carbonyl (C=O) groups excluding carboxylic acids is 1. The van der Waals surface area contributed by atoms with E-state index in [0.29, 0.717) is 16.6 Å². The van der Waals surface area contributed by atoms with E-state index in [1.54, 1.807) is 19.2 Å². The van der Waals surface area contributed by atoms with Crippen molar-refractivity contribution in [1.82, 2.24) is 4.98 Å². The van der Waals surface area contributed by atoms with Crippen LogP contribution in [0.15, 0.2) is 42.5 Å². The van der Waals surface area contributed by atoms with Crippen molar-refractivity contribution < 1.29 is 14.3 Å². The van der Waals surface area contributed by atoms with Crippen LogP contribution in [0.25, 0.3) is 11.3 Å². The number of methoxy groups -OCH3 is 1. The molecule has 1 amide bonds. The molecule has 0 aliphatic carbocycles. The molecule has 6 heteroatoms. The van der Waals surface area contributed by atoms with E-state index >= 15 is 0 Å². The number of rotatable bonds is 6. The first-order chi connectivity index (χ1) is 13.0. The SMILES string of the molecule is COc1ccccc1OCC(=O)Nc1nc(-c2ccc(C)c(C)c2)c(C)s1. The highest BCUT2D eigenvalue weighted by Gasteiger charge is 2.13. The van der Waals surface area contributed by atoms with Crippen LogP contribution < -0.4 is 14.8 Å². The summed E-state index contributed by atoms with van der Waals surface area (Å²) in [5.41, 5.74) is 4.41. The number of carbonyl (C=O) groups is 1. The molecule has 0 saturated heterocycles. The molecule has 1 aromatic heterocycles. The van der Waals surface area contributed by atoms with Crippen molar-refractivity contribution in [1.29, 1.82) is 0 Å². The topological polar surface area (TPSA) is 60.5 Å². The van der Waals surface area contributed by atoms with E-state index in [9.17, 15) is 4.79 Å². The lowest BCUT2D eigenvalue weighted by molar-refractivity contribution is -0.118. The highest BCUT2D eigenvalue weighted by Crippen LogP contribution is 2.31. The van der Waals surface area contributed by atoms with Crippen LogP contribution in [0.1, 0.15) is 16.0 Å². The van der Waals surface area contributed by atoms with E-state index in [-0.39, 0.29) is 12.5 Å². The molecule has 0 spiro atoms. The molecular formula is C21H22N2O3S. The summed E-state index contributed by atoms with van der Waals surface area (Å²) in [6.45, 7) is 6.06. The summed E-state index contributed by atoms with van der Waals surface area (Å²) in [7, 11) is 1.56. The molecule has 1 N–H and O–H groups in total. The fourth-order valence-corrected chi connectivity index (χ4v) is 3.50. The Hall–Kier alpha value is -2.86. The number of para-hydroxylation sites is 2. The Morgan fingerprint density at radius 2 is 1.81 bits per heavy atom. The normalized spacial score (nSPS) is 10.5. The molecule has 3 aromatic rings. The molecule has 5 nitrogen and oxygen atoms in total. The fraction of sp³-hybridized carbons (Fsp3) is 0.238. The molecule has 2 aromatic carbocycles. The Morgan fingerprint density at radius 1 is 1.07 bits per heavy atom. The zero-order valence-electron chi connectivity index (χ0n) is 15.8. The minimum atomic E-state index is -0.263. The second-order valence-corrected chi connectivity index (χ2v) is 7.41. The van der Waals surface area contributed by atoms with Gasteiger partial charge in [0.1, 0.15) is 0 Å². The Labute approximate surface area is 163 Å². The number of thiazole rings is 1. The fourth-order valence-electron chi connectivity index (χ4n) is 2.64. The van der Waals surface area contributed by atoms with Gasteiger partial charge >= 0.3 is 0 Å². The number of hydrogen-bond donors (Lipinski definition) is 1. The summed E-state index contributed by atoms with van der Waals surface area (Å²) in [6, 6.07) is 13.5. The third-order valence-electron chi connectivity index (χ3n) is 4.25. The van der Waals surface area contributed by atoms with Gasteiger partial charge in [0.15, 0.2) is 23.2 Å². The van der Waals surface area contributed by atoms with Crippen LogP contribution in [0, 0.1) is 20.8 Å². The molecule has 27 heavy (non-hydrogen) atoms. The largest absolute Gasteiger partial charge is 0.493 e. The number of hydrogen-bond acceptors (Lipinski definition) is 5. The van der Waals surface area contributed by atoms with E-state index in [2.05, 4.69) is 42.3 Å². The van der Waals surface area contributed by atoms with Gasteiger partial charge in [-0.15, -0.1) is 11.3 Å². The summed E-state index contributed by atoms with van der Waals surface area (Å²) in [5.74, 6) is 0.856. The standard InChI is InChI=1S/C21H22N2O3S/c1-13-9-10-16(11-14(13)2)20-15(3)27-21(23-20)22-19(24)12-26-18-8-6-5-7-17(18)25-4/h5-11H,12H2,1-4H3,(H,22,23,24). The zero-order valence-corrected chi connectivity index (χ0v) is 16.6. The lowest BCUT2D eigenvalue weighted by Gasteiger charge is -2.09. The van der Waals surface area contributed by atoms with Gasteiger partial charge in [-0.3, -0.25) is 10.1 Å². The van der Waals surface area contributed by atoms with Crippen LogP contribution in [0.2, 0.25) is 0 Å². The van der Waals surface area contributed by atoms with Gasteiger partial charge in [0, 0.05) is 10.4 Å². The average Bonchev–Trinajstić information content (AvgIpc) is 3.02. The lowest BCUT2D eigenvalue weighted by Crippen LogP contribution is -2.20. The summed E-state index contributed by atoms with van der Waals surface area (Å²) in [5, 5.41) is 3.37. The van der Waals surface area contributed by atoms with Crippen molar-refractivity contribution in [3.8, 4) is 22.8 Å². The quantitative estimate of drug-likeness (QED) is 0.668. The van der Waals surface area contributed by atoms with Gasteiger partial charge in [-0.1, -0.05) is 24.3 Å². The maximum atomic E-state index is 12.2. The van der Waals surface area contributed by atoms with Crippen molar-refractivity contribution in [2.45, 2.75) is 20.8 Å². The average molecular weight is 382 g/mol. The summed E-state index contributed by atoms with van der Waals surface area (Å²) in [4.78, 5) is 17.9. The summed E-state index contributed by atoms with van der Waals surface area (Å²) < 4.78 is 10.8. The number of anilines is 1. The Kier molecular flexibility index (Phi) is 5.76. The van der Waals surface area contributed by atoms with Gasteiger partial charge in [-0.2, -0.15) is 0 Å². The van der Waals surface area contributed by atoms with Crippen molar-refractivity contribution in [3.63, 3.8) is 0 Å². The molecule has 140 valence electrons. The number of aromatic nitrogens is 1. The third kappa shape index (κ3) is 4.46. The molecule has 0 radical (unpaired) electrons. The smallest absolute Gasteiger partial charge is 0.264 e. The molecule has 3 rings (SSSR count). The molecule has 1 heterocycles. The lowest BCUT2D eigenvalue weighted by atomic mass is 10.0. The minimum absolute atomic E-state index is 0.113. The first kappa shape index (κ1) is 18.9. The van der Waals surface area contributed by atoms with Crippen LogP contribution in [0.4, 0.5) is 5.13 Å². The van der Waals surface area contributed by atoms with Crippen molar-refractivity contribution in [2.75, 3.05) is 19.0 Å². The Bertz CT molecular complexity index is 966. The van der Waals surface area contributed by atoms with Gasteiger partial charge in [0.05, 0.1) is 12.8 Å². The van der Waals surface area contributed by atoms with E-state index in [1.165, 1.54) is 22.5 Å².